The maximum atomic E-state index is 6.61. The van der Waals surface area contributed by atoms with Crippen LogP contribution in [0.2, 0.25) is 0 Å². The van der Waals surface area contributed by atoms with Crippen LogP contribution in [0.3, 0.4) is 0 Å². The first kappa shape index (κ1) is 21.0. The van der Waals surface area contributed by atoms with Crippen LogP contribution < -0.4 is 9.47 Å². The number of hydrogen-bond acceptors (Lipinski definition) is 3. The molecule has 0 saturated heterocycles. The predicted molar refractivity (Wildman–Crippen MR) is 117 cm³/mol. The molecule has 28 heavy (non-hydrogen) atoms. The third-order valence-corrected chi connectivity index (χ3v) is 6.03. The Hall–Kier alpha value is -1.71. The molecule has 0 bridgehead atoms. The van der Waals surface area contributed by atoms with E-state index in [1.807, 2.05) is 18.2 Å². The van der Waals surface area contributed by atoms with Gasteiger partial charge in [0.2, 0.25) is 0 Å². The fourth-order valence-corrected chi connectivity index (χ4v) is 4.42. The standard InChI is InChI=1S/C24H32ClNO2/c1-17-18(2)23-21(11-12-24(4,28-23)16-26(5)14-13-25)19(3)22(17)27-15-20-9-7-6-8-10-20/h6-10H,11-16H2,1-5H3. The molecule has 3 nitrogen and oxygen atoms in total. The van der Waals surface area contributed by atoms with Gasteiger partial charge in [0.25, 0.3) is 0 Å². The molecular formula is C24H32ClNO2. The summed E-state index contributed by atoms with van der Waals surface area (Å²) in [6.45, 7) is 11.0. The van der Waals surface area contributed by atoms with Crippen LogP contribution in [0.1, 0.15) is 41.2 Å². The number of benzene rings is 2. The lowest BCUT2D eigenvalue weighted by Gasteiger charge is -2.40. The van der Waals surface area contributed by atoms with E-state index < -0.39 is 0 Å². The number of likely N-dealkylation sites (N-methyl/N-ethyl adjacent to an activating group) is 1. The van der Waals surface area contributed by atoms with Gasteiger partial charge in [-0.3, -0.25) is 0 Å². The van der Waals surface area contributed by atoms with Crippen LogP contribution in [0, 0.1) is 20.8 Å². The number of ether oxygens (including phenoxy) is 2. The van der Waals surface area contributed by atoms with Gasteiger partial charge in [0.1, 0.15) is 23.7 Å². The van der Waals surface area contributed by atoms with E-state index in [1.54, 1.807) is 0 Å². The molecular weight excluding hydrogens is 370 g/mol. The summed E-state index contributed by atoms with van der Waals surface area (Å²) in [4.78, 5) is 2.25. The predicted octanol–water partition coefficient (Wildman–Crippen LogP) is 5.45. The Kier molecular flexibility index (Phi) is 6.57. The van der Waals surface area contributed by atoms with Crippen molar-refractivity contribution in [2.24, 2.45) is 0 Å². The van der Waals surface area contributed by atoms with Crippen molar-refractivity contribution in [2.45, 2.75) is 52.7 Å². The number of fused-ring (bicyclic) bond motifs is 1. The van der Waals surface area contributed by atoms with Crippen LogP contribution in [0.5, 0.6) is 11.5 Å². The van der Waals surface area contributed by atoms with E-state index >= 15 is 0 Å². The highest BCUT2D eigenvalue weighted by molar-refractivity contribution is 6.18. The van der Waals surface area contributed by atoms with Crippen LogP contribution in [0.15, 0.2) is 30.3 Å². The number of nitrogens with zero attached hydrogens (tertiary/aromatic N) is 1. The SMILES string of the molecule is Cc1c(C)c2c(c(C)c1OCc1ccccc1)CCC(C)(CN(C)CCCl)O2. The van der Waals surface area contributed by atoms with Gasteiger partial charge in [0, 0.05) is 24.5 Å². The van der Waals surface area contributed by atoms with Crippen molar-refractivity contribution in [2.75, 3.05) is 26.0 Å². The summed E-state index contributed by atoms with van der Waals surface area (Å²) < 4.78 is 12.9. The highest BCUT2D eigenvalue weighted by Gasteiger charge is 2.35. The second-order valence-corrected chi connectivity index (χ2v) is 8.64. The Morgan fingerprint density at radius 3 is 2.50 bits per heavy atom. The second-order valence-electron chi connectivity index (χ2n) is 8.26. The molecule has 0 saturated carbocycles. The Balaban J connectivity index is 1.84. The maximum Gasteiger partial charge on any atom is 0.127 e. The first-order valence-corrected chi connectivity index (χ1v) is 10.6. The summed E-state index contributed by atoms with van der Waals surface area (Å²) in [5.74, 6) is 2.70. The third kappa shape index (κ3) is 4.47. The smallest absolute Gasteiger partial charge is 0.127 e. The first-order chi connectivity index (χ1) is 13.3. The van der Waals surface area contributed by atoms with Crippen molar-refractivity contribution >= 4 is 11.6 Å². The Bertz CT molecular complexity index is 821. The van der Waals surface area contributed by atoms with Crippen molar-refractivity contribution in [3.8, 4) is 11.5 Å². The molecule has 0 fully saturated rings. The lowest BCUT2D eigenvalue weighted by Crippen LogP contribution is -2.46. The molecule has 1 atom stereocenters. The first-order valence-electron chi connectivity index (χ1n) is 10.1. The van der Waals surface area contributed by atoms with E-state index in [9.17, 15) is 0 Å². The van der Waals surface area contributed by atoms with Crippen molar-refractivity contribution in [1.29, 1.82) is 0 Å². The van der Waals surface area contributed by atoms with Crippen molar-refractivity contribution in [3.05, 3.63) is 58.1 Å². The molecule has 0 amide bonds. The molecule has 1 aliphatic heterocycles. The van der Waals surface area contributed by atoms with Gasteiger partial charge in [0.05, 0.1) is 0 Å². The molecule has 0 N–H and O–H groups in total. The summed E-state index contributed by atoms with van der Waals surface area (Å²) >= 11 is 5.90. The number of halogens is 1. The average molecular weight is 402 g/mol. The van der Waals surface area contributed by atoms with Gasteiger partial charge < -0.3 is 14.4 Å². The van der Waals surface area contributed by atoms with Crippen LogP contribution in [0.25, 0.3) is 0 Å². The minimum atomic E-state index is -0.191. The van der Waals surface area contributed by atoms with Crippen molar-refractivity contribution < 1.29 is 9.47 Å². The molecule has 2 aromatic rings. The largest absolute Gasteiger partial charge is 0.488 e. The molecule has 1 heterocycles. The second kappa shape index (κ2) is 8.75. The summed E-state index contributed by atoms with van der Waals surface area (Å²) in [6.07, 6.45) is 2.00. The molecule has 152 valence electrons. The van der Waals surface area contributed by atoms with Crippen molar-refractivity contribution in [3.63, 3.8) is 0 Å². The van der Waals surface area contributed by atoms with Gasteiger partial charge in [-0.15, -0.1) is 11.6 Å². The molecule has 0 radical (unpaired) electrons. The van der Waals surface area contributed by atoms with Crippen molar-refractivity contribution in [1.82, 2.24) is 4.90 Å². The average Bonchev–Trinajstić information content (AvgIpc) is 2.67. The van der Waals surface area contributed by atoms with Crippen LogP contribution in [0.4, 0.5) is 0 Å². The molecule has 0 spiro atoms. The molecule has 1 aliphatic rings. The highest BCUT2D eigenvalue weighted by Crippen LogP contribution is 2.44. The van der Waals surface area contributed by atoms with E-state index in [-0.39, 0.29) is 5.60 Å². The van der Waals surface area contributed by atoms with E-state index in [0.29, 0.717) is 12.5 Å². The van der Waals surface area contributed by atoms with Crippen LogP contribution in [-0.4, -0.2) is 36.5 Å². The minimum absolute atomic E-state index is 0.191. The summed E-state index contributed by atoms with van der Waals surface area (Å²) in [6, 6.07) is 10.3. The molecule has 4 heteroatoms. The highest BCUT2D eigenvalue weighted by atomic mass is 35.5. The lowest BCUT2D eigenvalue weighted by molar-refractivity contribution is 0.0331. The lowest BCUT2D eigenvalue weighted by atomic mass is 9.87. The molecule has 3 rings (SSSR count). The molecule has 2 aromatic carbocycles. The van der Waals surface area contributed by atoms with E-state index in [1.165, 1.54) is 27.8 Å². The molecule has 0 aliphatic carbocycles. The zero-order chi connectivity index (χ0) is 20.3. The Labute approximate surface area is 174 Å². The van der Waals surface area contributed by atoms with Crippen LogP contribution >= 0.6 is 11.6 Å². The fourth-order valence-electron chi connectivity index (χ4n) is 4.13. The minimum Gasteiger partial charge on any atom is -0.488 e. The van der Waals surface area contributed by atoms with Gasteiger partial charge in [-0.1, -0.05) is 30.3 Å². The third-order valence-electron chi connectivity index (χ3n) is 5.86. The van der Waals surface area contributed by atoms with Gasteiger partial charge in [-0.05, 0) is 69.8 Å². The van der Waals surface area contributed by atoms with Gasteiger partial charge >= 0.3 is 0 Å². The quantitative estimate of drug-likeness (QED) is 0.576. The van der Waals surface area contributed by atoms with E-state index in [4.69, 9.17) is 21.1 Å². The Morgan fingerprint density at radius 2 is 1.82 bits per heavy atom. The number of alkyl halides is 1. The maximum absolute atomic E-state index is 6.61. The topological polar surface area (TPSA) is 21.7 Å². The van der Waals surface area contributed by atoms with Gasteiger partial charge in [0.15, 0.2) is 0 Å². The van der Waals surface area contributed by atoms with E-state index in [0.717, 1.165) is 37.4 Å². The zero-order valence-corrected chi connectivity index (χ0v) is 18.5. The number of rotatable bonds is 7. The van der Waals surface area contributed by atoms with Gasteiger partial charge in [-0.2, -0.15) is 0 Å². The molecule has 0 aromatic heterocycles. The van der Waals surface area contributed by atoms with E-state index in [2.05, 4.69) is 51.8 Å². The fraction of sp³-hybridized carbons (Fsp3) is 0.500. The summed E-state index contributed by atoms with van der Waals surface area (Å²) in [7, 11) is 2.11. The summed E-state index contributed by atoms with van der Waals surface area (Å²) in [5, 5.41) is 0. The Morgan fingerprint density at radius 1 is 1.11 bits per heavy atom. The summed E-state index contributed by atoms with van der Waals surface area (Å²) in [5.41, 5.74) is 5.86. The monoisotopic (exact) mass is 401 g/mol. The number of hydrogen-bond donors (Lipinski definition) is 0. The molecule has 1 unspecified atom stereocenters. The zero-order valence-electron chi connectivity index (χ0n) is 17.8. The van der Waals surface area contributed by atoms with Crippen LogP contribution in [-0.2, 0) is 13.0 Å². The normalized spacial score (nSPS) is 18.7. The van der Waals surface area contributed by atoms with Gasteiger partial charge in [-0.25, -0.2) is 0 Å².